The SMILES string of the molecule is CC(C)(C)OC(=O)N1C[C@H](N(C(=O)CN)C(=O)OC(C)(C)C)C[C@H]1C(=O)NCC(=O)O. The number of imide groups is 1. The summed E-state index contributed by atoms with van der Waals surface area (Å²) in [6, 6.07) is -2.08. The fourth-order valence-electron chi connectivity index (χ4n) is 2.92. The van der Waals surface area contributed by atoms with E-state index in [1.54, 1.807) is 41.5 Å². The van der Waals surface area contributed by atoms with E-state index in [1.165, 1.54) is 0 Å². The molecule has 176 valence electrons. The molecule has 1 rings (SSSR count). The fraction of sp³-hybridized carbons (Fsp3) is 0.737. The zero-order chi connectivity index (χ0) is 24.1. The van der Waals surface area contributed by atoms with Crippen LogP contribution in [0.2, 0.25) is 0 Å². The molecule has 1 fully saturated rings. The van der Waals surface area contributed by atoms with Crippen molar-refractivity contribution in [3.8, 4) is 0 Å². The van der Waals surface area contributed by atoms with Crippen molar-refractivity contribution in [1.82, 2.24) is 15.1 Å². The molecule has 12 heteroatoms. The number of nitrogens with one attached hydrogen (secondary N) is 1. The summed E-state index contributed by atoms with van der Waals surface area (Å²) in [5.41, 5.74) is 3.68. The highest BCUT2D eigenvalue weighted by molar-refractivity contribution is 5.94. The molecule has 4 amide bonds. The fourth-order valence-corrected chi connectivity index (χ4v) is 2.92. The van der Waals surface area contributed by atoms with E-state index in [0.29, 0.717) is 0 Å². The van der Waals surface area contributed by atoms with Crippen LogP contribution in [0.3, 0.4) is 0 Å². The second-order valence-electron chi connectivity index (χ2n) is 9.10. The maximum atomic E-state index is 12.7. The number of amides is 4. The van der Waals surface area contributed by atoms with Gasteiger partial charge in [0.05, 0.1) is 12.6 Å². The highest BCUT2D eigenvalue weighted by atomic mass is 16.6. The lowest BCUT2D eigenvalue weighted by atomic mass is 10.1. The quantitative estimate of drug-likeness (QED) is 0.539. The molecule has 4 N–H and O–H groups in total. The molecule has 1 aliphatic rings. The summed E-state index contributed by atoms with van der Waals surface area (Å²) in [6.45, 7) is 8.46. The maximum Gasteiger partial charge on any atom is 0.417 e. The van der Waals surface area contributed by atoms with Gasteiger partial charge in [-0.3, -0.25) is 19.3 Å². The van der Waals surface area contributed by atoms with E-state index in [-0.39, 0.29) is 13.0 Å². The first kappa shape index (κ1) is 26.1. The first-order valence-corrected chi connectivity index (χ1v) is 9.80. The predicted octanol–water partition coefficient (Wildman–Crippen LogP) is 0.288. The van der Waals surface area contributed by atoms with Crippen LogP contribution in [0, 0.1) is 0 Å². The summed E-state index contributed by atoms with van der Waals surface area (Å²) < 4.78 is 10.6. The number of nitrogens with two attached hydrogens (primary N) is 1. The van der Waals surface area contributed by atoms with Crippen LogP contribution in [0.5, 0.6) is 0 Å². The molecule has 1 aliphatic heterocycles. The smallest absolute Gasteiger partial charge is 0.417 e. The second kappa shape index (κ2) is 9.94. The predicted molar refractivity (Wildman–Crippen MR) is 108 cm³/mol. The molecule has 0 aromatic carbocycles. The zero-order valence-corrected chi connectivity index (χ0v) is 18.8. The van der Waals surface area contributed by atoms with Crippen LogP contribution in [0.1, 0.15) is 48.0 Å². The normalized spacial score (nSPS) is 18.9. The van der Waals surface area contributed by atoms with Crippen molar-refractivity contribution in [2.24, 2.45) is 5.73 Å². The number of hydrogen-bond acceptors (Lipinski definition) is 8. The molecule has 1 saturated heterocycles. The van der Waals surface area contributed by atoms with Crippen LogP contribution >= 0.6 is 0 Å². The number of rotatable bonds is 5. The Kier molecular flexibility index (Phi) is 8.39. The highest BCUT2D eigenvalue weighted by Crippen LogP contribution is 2.26. The molecule has 1 heterocycles. The van der Waals surface area contributed by atoms with E-state index in [2.05, 4.69) is 5.32 Å². The van der Waals surface area contributed by atoms with Crippen LogP contribution in [0.25, 0.3) is 0 Å². The van der Waals surface area contributed by atoms with Crippen molar-refractivity contribution >= 4 is 30.0 Å². The molecule has 2 atom stereocenters. The van der Waals surface area contributed by atoms with Gasteiger partial charge in [0.15, 0.2) is 0 Å². The van der Waals surface area contributed by atoms with Crippen molar-refractivity contribution in [2.75, 3.05) is 19.6 Å². The van der Waals surface area contributed by atoms with Gasteiger partial charge in [-0.2, -0.15) is 0 Å². The average Bonchev–Trinajstić information content (AvgIpc) is 3.01. The number of carboxylic acids is 1. The Bertz CT molecular complexity index is 725. The largest absolute Gasteiger partial charge is 0.480 e. The van der Waals surface area contributed by atoms with Gasteiger partial charge in [-0.05, 0) is 48.0 Å². The third-order valence-electron chi connectivity index (χ3n) is 4.02. The minimum Gasteiger partial charge on any atom is -0.480 e. The third-order valence-corrected chi connectivity index (χ3v) is 4.02. The minimum atomic E-state index is -1.26. The van der Waals surface area contributed by atoms with Gasteiger partial charge in [0.25, 0.3) is 0 Å². The van der Waals surface area contributed by atoms with Crippen molar-refractivity contribution in [3.63, 3.8) is 0 Å². The molecule has 0 unspecified atom stereocenters. The molecule has 0 radical (unpaired) electrons. The van der Waals surface area contributed by atoms with E-state index in [4.69, 9.17) is 20.3 Å². The monoisotopic (exact) mass is 444 g/mol. The minimum absolute atomic E-state index is 0.129. The van der Waals surface area contributed by atoms with Crippen LogP contribution in [-0.4, -0.2) is 87.8 Å². The summed E-state index contributed by atoms with van der Waals surface area (Å²) in [5.74, 6) is -2.75. The molecular formula is C19H32N4O8. The van der Waals surface area contributed by atoms with Crippen LogP contribution < -0.4 is 11.1 Å². The number of carbonyl (C=O) groups excluding carboxylic acids is 4. The lowest BCUT2D eigenvalue weighted by Gasteiger charge is -2.30. The van der Waals surface area contributed by atoms with E-state index in [0.717, 1.165) is 9.80 Å². The molecular weight excluding hydrogens is 412 g/mol. The number of nitrogens with zero attached hydrogens (tertiary/aromatic N) is 2. The van der Waals surface area contributed by atoms with E-state index in [1.807, 2.05) is 0 Å². The summed E-state index contributed by atoms with van der Waals surface area (Å²) >= 11 is 0. The van der Waals surface area contributed by atoms with Gasteiger partial charge in [-0.1, -0.05) is 0 Å². The number of ether oxygens (including phenoxy) is 2. The van der Waals surface area contributed by atoms with Crippen molar-refractivity contribution in [1.29, 1.82) is 0 Å². The zero-order valence-electron chi connectivity index (χ0n) is 18.8. The molecule has 0 aromatic heterocycles. The Labute approximate surface area is 181 Å². The topological polar surface area (TPSA) is 169 Å². The number of carbonyl (C=O) groups is 5. The Morgan fingerprint density at radius 3 is 2.06 bits per heavy atom. The number of hydrogen-bond donors (Lipinski definition) is 3. The van der Waals surface area contributed by atoms with E-state index in [9.17, 15) is 24.0 Å². The first-order chi connectivity index (χ1) is 14.1. The van der Waals surface area contributed by atoms with Gasteiger partial charge in [0, 0.05) is 6.54 Å². The van der Waals surface area contributed by atoms with Gasteiger partial charge >= 0.3 is 18.2 Å². The van der Waals surface area contributed by atoms with Gasteiger partial charge < -0.3 is 25.6 Å². The molecule has 12 nitrogen and oxygen atoms in total. The third kappa shape index (κ3) is 8.04. The number of carboxylic acid groups (broad SMARTS) is 1. The molecule has 0 spiro atoms. The molecule has 0 aliphatic carbocycles. The van der Waals surface area contributed by atoms with Crippen LogP contribution in [0.4, 0.5) is 9.59 Å². The van der Waals surface area contributed by atoms with Crippen molar-refractivity contribution in [3.05, 3.63) is 0 Å². The van der Waals surface area contributed by atoms with Crippen LogP contribution in [0.15, 0.2) is 0 Å². The van der Waals surface area contributed by atoms with Crippen LogP contribution in [-0.2, 0) is 23.9 Å². The molecule has 31 heavy (non-hydrogen) atoms. The standard InChI is InChI=1S/C19H32N4O8/c1-18(2,3)30-16(28)22-10-11(7-12(22)15(27)21-9-14(25)26)23(13(24)8-20)17(29)31-19(4,5)6/h11-12H,7-10,20H2,1-6H3,(H,21,27)(H,25,26)/t11-,12+/m1/s1. The van der Waals surface area contributed by atoms with Gasteiger partial charge in [0.1, 0.15) is 23.8 Å². The second-order valence-corrected chi connectivity index (χ2v) is 9.10. The maximum absolute atomic E-state index is 12.7. The lowest BCUT2D eigenvalue weighted by Crippen LogP contribution is -2.50. The van der Waals surface area contributed by atoms with Gasteiger partial charge in [-0.15, -0.1) is 0 Å². The highest BCUT2D eigenvalue weighted by Gasteiger charge is 2.46. The van der Waals surface area contributed by atoms with Crippen molar-refractivity contribution in [2.45, 2.75) is 71.2 Å². The average molecular weight is 444 g/mol. The Morgan fingerprint density at radius 1 is 1.06 bits per heavy atom. The van der Waals surface area contributed by atoms with E-state index >= 15 is 0 Å². The molecule has 0 saturated carbocycles. The summed E-state index contributed by atoms with van der Waals surface area (Å²) in [7, 11) is 0. The van der Waals surface area contributed by atoms with Gasteiger partial charge in [0.2, 0.25) is 11.8 Å². The van der Waals surface area contributed by atoms with Gasteiger partial charge in [-0.25, -0.2) is 14.5 Å². The lowest BCUT2D eigenvalue weighted by molar-refractivity contribution is -0.138. The Balaban J connectivity index is 3.20. The Morgan fingerprint density at radius 2 is 1.61 bits per heavy atom. The summed E-state index contributed by atoms with van der Waals surface area (Å²) in [4.78, 5) is 63.0. The molecule has 0 bridgehead atoms. The summed E-state index contributed by atoms with van der Waals surface area (Å²) in [6.07, 6.45) is -1.92. The summed E-state index contributed by atoms with van der Waals surface area (Å²) in [5, 5.41) is 11.0. The molecule has 0 aromatic rings. The number of aliphatic carboxylic acids is 1. The van der Waals surface area contributed by atoms with Crippen molar-refractivity contribution < 1.29 is 38.6 Å². The number of likely N-dealkylation sites (tertiary alicyclic amines) is 1. The Hall–Kier alpha value is -2.89. The first-order valence-electron chi connectivity index (χ1n) is 9.80. The van der Waals surface area contributed by atoms with E-state index < -0.39 is 66.3 Å².